The van der Waals surface area contributed by atoms with E-state index in [4.69, 9.17) is 14.7 Å². The molecule has 2 aromatic heterocycles. The van der Waals surface area contributed by atoms with Gasteiger partial charge < -0.3 is 14.7 Å². The van der Waals surface area contributed by atoms with Gasteiger partial charge in [-0.2, -0.15) is 0 Å². The van der Waals surface area contributed by atoms with E-state index < -0.39 is 0 Å². The first-order chi connectivity index (χ1) is 9.74. The number of hydrogen-bond donors (Lipinski definition) is 1. The maximum atomic E-state index is 13.3. The molecule has 0 saturated heterocycles. The van der Waals surface area contributed by atoms with Crippen molar-refractivity contribution in [1.82, 2.24) is 5.16 Å². The van der Waals surface area contributed by atoms with E-state index in [1.165, 1.54) is 12.1 Å². The second-order valence-corrected chi connectivity index (χ2v) is 4.46. The number of furan rings is 1. The van der Waals surface area contributed by atoms with Gasteiger partial charge >= 0.3 is 0 Å². The second-order valence-electron chi connectivity index (χ2n) is 4.46. The SMILES string of the molecule is Nc1noc(CCc2ccco2)c1-c1cccc(F)c1. The molecule has 4 nitrogen and oxygen atoms in total. The van der Waals surface area contributed by atoms with Crippen LogP contribution in [0.4, 0.5) is 10.2 Å². The number of halogens is 1. The van der Waals surface area contributed by atoms with E-state index in [2.05, 4.69) is 5.16 Å². The number of benzene rings is 1. The molecule has 0 spiro atoms. The van der Waals surface area contributed by atoms with Crippen molar-refractivity contribution >= 4 is 5.82 Å². The van der Waals surface area contributed by atoms with Gasteiger partial charge in [0.2, 0.25) is 0 Å². The number of nitrogens with two attached hydrogens (primary N) is 1. The maximum absolute atomic E-state index is 13.3. The van der Waals surface area contributed by atoms with Crippen molar-refractivity contribution < 1.29 is 13.3 Å². The summed E-state index contributed by atoms with van der Waals surface area (Å²) >= 11 is 0. The molecule has 0 aliphatic carbocycles. The summed E-state index contributed by atoms with van der Waals surface area (Å²) in [5.41, 5.74) is 7.14. The fraction of sp³-hybridized carbons (Fsp3) is 0.133. The summed E-state index contributed by atoms with van der Waals surface area (Å²) in [6.07, 6.45) is 2.88. The second kappa shape index (κ2) is 5.21. The van der Waals surface area contributed by atoms with Gasteiger partial charge in [-0.25, -0.2) is 4.39 Å². The van der Waals surface area contributed by atoms with Crippen LogP contribution in [0.25, 0.3) is 11.1 Å². The molecule has 3 rings (SSSR count). The van der Waals surface area contributed by atoms with Gasteiger partial charge in [0.1, 0.15) is 17.3 Å². The van der Waals surface area contributed by atoms with Crippen LogP contribution in [0.15, 0.2) is 51.6 Å². The van der Waals surface area contributed by atoms with Crippen LogP contribution in [0, 0.1) is 5.82 Å². The average molecular weight is 272 g/mol. The number of rotatable bonds is 4. The smallest absolute Gasteiger partial charge is 0.175 e. The number of nitrogens with zero attached hydrogens (tertiary/aromatic N) is 1. The van der Waals surface area contributed by atoms with Crippen molar-refractivity contribution in [2.75, 3.05) is 5.73 Å². The van der Waals surface area contributed by atoms with Crippen LogP contribution < -0.4 is 5.73 Å². The Balaban J connectivity index is 1.89. The van der Waals surface area contributed by atoms with E-state index in [9.17, 15) is 4.39 Å². The van der Waals surface area contributed by atoms with Crippen molar-refractivity contribution in [2.24, 2.45) is 0 Å². The van der Waals surface area contributed by atoms with Crippen LogP contribution in [0.1, 0.15) is 11.5 Å². The lowest BCUT2D eigenvalue weighted by molar-refractivity contribution is 0.382. The summed E-state index contributed by atoms with van der Waals surface area (Å²) in [6, 6.07) is 9.93. The molecule has 0 atom stereocenters. The van der Waals surface area contributed by atoms with Crippen LogP contribution in [0.2, 0.25) is 0 Å². The molecular formula is C15H13FN2O2. The van der Waals surface area contributed by atoms with Crippen molar-refractivity contribution in [2.45, 2.75) is 12.8 Å². The summed E-state index contributed by atoms with van der Waals surface area (Å²) in [5.74, 6) is 1.43. The molecule has 0 aliphatic rings. The zero-order valence-electron chi connectivity index (χ0n) is 10.7. The van der Waals surface area contributed by atoms with Gasteiger partial charge in [-0.15, -0.1) is 0 Å². The number of anilines is 1. The minimum atomic E-state index is -0.319. The van der Waals surface area contributed by atoms with E-state index in [0.29, 0.717) is 29.7 Å². The molecule has 1 aromatic carbocycles. The van der Waals surface area contributed by atoms with Gasteiger partial charge in [0, 0.05) is 12.8 Å². The molecule has 0 aliphatic heterocycles. The Hall–Kier alpha value is -2.56. The Morgan fingerprint density at radius 3 is 2.80 bits per heavy atom. The molecule has 5 heteroatoms. The Bertz CT molecular complexity index is 704. The van der Waals surface area contributed by atoms with Gasteiger partial charge in [0.25, 0.3) is 0 Å². The van der Waals surface area contributed by atoms with Crippen LogP contribution in [-0.4, -0.2) is 5.16 Å². The Labute approximate surface area is 115 Å². The summed E-state index contributed by atoms with van der Waals surface area (Å²) < 4.78 is 23.8. The third kappa shape index (κ3) is 2.42. The van der Waals surface area contributed by atoms with Gasteiger partial charge in [-0.3, -0.25) is 0 Å². The lowest BCUT2D eigenvalue weighted by Crippen LogP contribution is -1.93. The number of aryl methyl sites for hydroxylation is 2. The predicted octanol–water partition coefficient (Wildman–Crippen LogP) is 3.44. The lowest BCUT2D eigenvalue weighted by atomic mass is 10.0. The fourth-order valence-electron chi connectivity index (χ4n) is 2.15. The van der Waals surface area contributed by atoms with Crippen LogP contribution in [0.3, 0.4) is 0 Å². The first kappa shape index (κ1) is 12.5. The minimum absolute atomic E-state index is 0.269. The fourth-order valence-corrected chi connectivity index (χ4v) is 2.15. The third-order valence-electron chi connectivity index (χ3n) is 3.08. The number of aromatic nitrogens is 1. The Morgan fingerprint density at radius 2 is 2.05 bits per heavy atom. The van der Waals surface area contributed by atoms with Gasteiger partial charge in [-0.1, -0.05) is 17.3 Å². The number of nitrogen functional groups attached to an aromatic ring is 1. The lowest BCUT2D eigenvalue weighted by Gasteiger charge is -2.02. The topological polar surface area (TPSA) is 65.2 Å². The first-order valence-corrected chi connectivity index (χ1v) is 6.26. The number of hydrogen-bond acceptors (Lipinski definition) is 4. The predicted molar refractivity (Wildman–Crippen MR) is 72.4 cm³/mol. The van der Waals surface area contributed by atoms with Crippen LogP contribution >= 0.6 is 0 Å². The molecule has 3 aromatic rings. The highest BCUT2D eigenvalue weighted by Crippen LogP contribution is 2.30. The molecule has 102 valence electrons. The van der Waals surface area contributed by atoms with E-state index in [-0.39, 0.29) is 11.6 Å². The summed E-state index contributed by atoms with van der Waals surface area (Å²) in [7, 11) is 0. The Kier molecular flexibility index (Phi) is 3.25. The van der Waals surface area contributed by atoms with Crippen molar-refractivity contribution in [3.05, 3.63) is 60.0 Å². The quantitative estimate of drug-likeness (QED) is 0.790. The largest absolute Gasteiger partial charge is 0.469 e. The van der Waals surface area contributed by atoms with Gasteiger partial charge in [0.05, 0.1) is 11.8 Å². The zero-order chi connectivity index (χ0) is 13.9. The molecular weight excluding hydrogens is 259 g/mol. The molecule has 20 heavy (non-hydrogen) atoms. The monoisotopic (exact) mass is 272 g/mol. The van der Waals surface area contributed by atoms with E-state index >= 15 is 0 Å². The molecule has 0 saturated carbocycles. The van der Waals surface area contributed by atoms with Crippen molar-refractivity contribution in [1.29, 1.82) is 0 Å². The average Bonchev–Trinajstić information content (AvgIpc) is 3.06. The van der Waals surface area contributed by atoms with Crippen molar-refractivity contribution in [3.8, 4) is 11.1 Å². The standard InChI is InChI=1S/C15H13FN2O2/c16-11-4-1-3-10(9-11)14-13(20-18-15(14)17)7-6-12-5-2-8-19-12/h1-5,8-9H,6-7H2,(H2,17,18). The molecule has 0 amide bonds. The molecule has 2 heterocycles. The summed E-state index contributed by atoms with van der Waals surface area (Å²) in [6.45, 7) is 0. The first-order valence-electron chi connectivity index (χ1n) is 6.26. The molecule has 0 unspecified atom stereocenters. The van der Waals surface area contributed by atoms with E-state index in [1.54, 1.807) is 18.4 Å². The van der Waals surface area contributed by atoms with E-state index in [0.717, 1.165) is 5.76 Å². The molecule has 0 bridgehead atoms. The molecule has 2 N–H and O–H groups in total. The third-order valence-corrected chi connectivity index (χ3v) is 3.08. The summed E-state index contributed by atoms with van der Waals surface area (Å²) in [5, 5.41) is 3.77. The highest BCUT2D eigenvalue weighted by atomic mass is 19.1. The molecule has 0 radical (unpaired) electrons. The molecule has 0 fully saturated rings. The Morgan fingerprint density at radius 1 is 1.15 bits per heavy atom. The van der Waals surface area contributed by atoms with Crippen LogP contribution in [0.5, 0.6) is 0 Å². The highest BCUT2D eigenvalue weighted by molar-refractivity contribution is 5.75. The van der Waals surface area contributed by atoms with Gasteiger partial charge in [-0.05, 0) is 29.8 Å². The summed E-state index contributed by atoms with van der Waals surface area (Å²) in [4.78, 5) is 0. The van der Waals surface area contributed by atoms with Gasteiger partial charge in [0.15, 0.2) is 5.82 Å². The minimum Gasteiger partial charge on any atom is -0.469 e. The van der Waals surface area contributed by atoms with Crippen LogP contribution in [-0.2, 0) is 12.8 Å². The highest BCUT2D eigenvalue weighted by Gasteiger charge is 2.16. The maximum Gasteiger partial charge on any atom is 0.175 e. The van der Waals surface area contributed by atoms with Crippen molar-refractivity contribution in [3.63, 3.8) is 0 Å². The zero-order valence-corrected chi connectivity index (χ0v) is 10.7. The normalized spacial score (nSPS) is 10.8. The van der Waals surface area contributed by atoms with E-state index in [1.807, 2.05) is 12.1 Å².